The van der Waals surface area contributed by atoms with Crippen molar-refractivity contribution in [2.75, 3.05) is 16.8 Å². The Morgan fingerprint density at radius 1 is 1.14 bits per heavy atom. The van der Waals surface area contributed by atoms with Crippen molar-refractivity contribution in [2.24, 2.45) is 5.92 Å². The number of nitrogens with zero attached hydrogens (tertiary/aromatic N) is 3. The fraction of sp³-hybridized carbons (Fsp3) is 0.190. The van der Waals surface area contributed by atoms with Gasteiger partial charge in [0.25, 0.3) is 0 Å². The molecule has 6 nitrogen and oxygen atoms in total. The standard InChI is InChI=1S/C21H19ClN4O2/c1-14-9-11-23-26(14)18-4-2-3-16(13-18)24-20(27)19-10-12-25(21(19)28)17-7-5-15(22)6-8-17/h2-9,11,13,19H,10,12H2,1H3,(H,24,27). The molecular weight excluding hydrogens is 376 g/mol. The third-order valence-corrected chi connectivity index (χ3v) is 5.10. The van der Waals surface area contributed by atoms with Crippen molar-refractivity contribution in [1.29, 1.82) is 0 Å². The van der Waals surface area contributed by atoms with Crippen molar-refractivity contribution >= 4 is 34.8 Å². The molecule has 0 radical (unpaired) electrons. The van der Waals surface area contributed by atoms with Crippen molar-refractivity contribution in [1.82, 2.24) is 9.78 Å². The molecule has 4 rings (SSSR count). The van der Waals surface area contributed by atoms with Crippen LogP contribution >= 0.6 is 11.6 Å². The van der Waals surface area contributed by atoms with Crippen LogP contribution in [0.1, 0.15) is 12.1 Å². The summed E-state index contributed by atoms with van der Waals surface area (Å²) >= 11 is 5.91. The number of halogens is 1. The van der Waals surface area contributed by atoms with Crippen LogP contribution in [0.2, 0.25) is 5.02 Å². The van der Waals surface area contributed by atoms with Gasteiger partial charge in [0.05, 0.1) is 5.69 Å². The minimum Gasteiger partial charge on any atom is -0.325 e. The van der Waals surface area contributed by atoms with Gasteiger partial charge in [-0.2, -0.15) is 5.10 Å². The summed E-state index contributed by atoms with van der Waals surface area (Å²) in [6.07, 6.45) is 2.20. The zero-order valence-electron chi connectivity index (χ0n) is 15.3. The number of hydrogen-bond acceptors (Lipinski definition) is 3. The fourth-order valence-electron chi connectivity index (χ4n) is 3.39. The van der Waals surface area contributed by atoms with Gasteiger partial charge in [0.15, 0.2) is 0 Å². The Labute approximate surface area is 167 Å². The molecule has 2 aromatic carbocycles. The molecule has 1 unspecified atom stereocenters. The molecule has 1 atom stereocenters. The first-order valence-electron chi connectivity index (χ1n) is 9.02. The maximum atomic E-state index is 12.7. The van der Waals surface area contributed by atoms with Gasteiger partial charge in [-0.1, -0.05) is 17.7 Å². The van der Waals surface area contributed by atoms with Gasteiger partial charge < -0.3 is 10.2 Å². The van der Waals surface area contributed by atoms with Crippen LogP contribution in [0, 0.1) is 12.8 Å². The van der Waals surface area contributed by atoms with E-state index in [1.807, 2.05) is 31.2 Å². The first-order valence-corrected chi connectivity index (χ1v) is 9.39. The number of carbonyl (C=O) groups is 2. The molecule has 7 heteroatoms. The molecule has 2 amide bonds. The maximum Gasteiger partial charge on any atom is 0.239 e. The van der Waals surface area contributed by atoms with E-state index >= 15 is 0 Å². The Hall–Kier alpha value is -3.12. The van der Waals surface area contributed by atoms with Gasteiger partial charge in [0, 0.05) is 34.8 Å². The number of hydrogen-bond donors (Lipinski definition) is 1. The van der Waals surface area contributed by atoms with Crippen LogP contribution in [0.3, 0.4) is 0 Å². The first kappa shape index (κ1) is 18.3. The smallest absolute Gasteiger partial charge is 0.239 e. The number of anilines is 2. The lowest BCUT2D eigenvalue weighted by Gasteiger charge is -2.17. The average Bonchev–Trinajstić information content (AvgIpc) is 3.28. The number of aryl methyl sites for hydroxylation is 1. The van der Waals surface area contributed by atoms with Gasteiger partial charge >= 0.3 is 0 Å². The highest BCUT2D eigenvalue weighted by atomic mass is 35.5. The van der Waals surface area contributed by atoms with Gasteiger partial charge in [-0.3, -0.25) is 9.59 Å². The van der Waals surface area contributed by atoms with Crippen molar-refractivity contribution < 1.29 is 9.59 Å². The van der Waals surface area contributed by atoms with E-state index in [0.29, 0.717) is 23.7 Å². The second-order valence-corrected chi connectivity index (χ2v) is 7.17. The van der Waals surface area contributed by atoms with Crippen LogP contribution in [0.25, 0.3) is 5.69 Å². The normalized spacial score (nSPS) is 16.4. The molecule has 0 bridgehead atoms. The van der Waals surface area contributed by atoms with Crippen LogP contribution in [0.4, 0.5) is 11.4 Å². The molecule has 1 fully saturated rings. The van der Waals surface area contributed by atoms with Gasteiger partial charge in [-0.15, -0.1) is 0 Å². The summed E-state index contributed by atoms with van der Waals surface area (Å²) in [5.74, 6) is -1.19. The van der Waals surface area contributed by atoms with E-state index < -0.39 is 5.92 Å². The third kappa shape index (κ3) is 3.51. The molecule has 2 heterocycles. The topological polar surface area (TPSA) is 67.2 Å². The summed E-state index contributed by atoms with van der Waals surface area (Å²) in [7, 11) is 0. The van der Waals surface area contributed by atoms with E-state index in [9.17, 15) is 9.59 Å². The Balaban J connectivity index is 1.48. The van der Waals surface area contributed by atoms with E-state index in [-0.39, 0.29) is 11.8 Å². The number of rotatable bonds is 4. The lowest BCUT2D eigenvalue weighted by Crippen LogP contribution is -2.33. The molecule has 1 aliphatic heterocycles. The highest BCUT2D eigenvalue weighted by molar-refractivity contribution is 6.30. The highest BCUT2D eigenvalue weighted by Crippen LogP contribution is 2.27. The minimum atomic E-state index is -0.703. The van der Waals surface area contributed by atoms with Crippen LogP contribution in [0.5, 0.6) is 0 Å². The lowest BCUT2D eigenvalue weighted by atomic mass is 10.1. The van der Waals surface area contributed by atoms with Crippen molar-refractivity contribution in [2.45, 2.75) is 13.3 Å². The van der Waals surface area contributed by atoms with Crippen LogP contribution < -0.4 is 10.2 Å². The summed E-state index contributed by atoms with van der Waals surface area (Å²) in [4.78, 5) is 27.1. The molecule has 1 aromatic heterocycles. The Kier molecular flexibility index (Phi) is 4.88. The largest absolute Gasteiger partial charge is 0.325 e. The second-order valence-electron chi connectivity index (χ2n) is 6.73. The van der Waals surface area contributed by atoms with E-state index in [0.717, 1.165) is 17.1 Å². The number of aromatic nitrogens is 2. The SMILES string of the molecule is Cc1ccnn1-c1cccc(NC(=O)C2CCN(c3ccc(Cl)cc3)C2=O)c1. The maximum absolute atomic E-state index is 12.7. The fourth-order valence-corrected chi connectivity index (χ4v) is 3.51. The van der Waals surface area contributed by atoms with Crippen LogP contribution in [-0.2, 0) is 9.59 Å². The van der Waals surface area contributed by atoms with Crippen molar-refractivity contribution in [3.05, 3.63) is 71.5 Å². The Morgan fingerprint density at radius 2 is 1.93 bits per heavy atom. The van der Waals surface area contributed by atoms with Crippen molar-refractivity contribution in [3.8, 4) is 5.69 Å². The van der Waals surface area contributed by atoms with Crippen molar-refractivity contribution in [3.63, 3.8) is 0 Å². The molecule has 1 saturated heterocycles. The van der Waals surface area contributed by atoms with Gasteiger partial charge in [-0.25, -0.2) is 4.68 Å². The van der Waals surface area contributed by atoms with Gasteiger partial charge in [-0.05, 0) is 61.9 Å². The zero-order valence-corrected chi connectivity index (χ0v) is 16.1. The zero-order chi connectivity index (χ0) is 19.7. The van der Waals surface area contributed by atoms with Crippen LogP contribution in [0.15, 0.2) is 60.8 Å². The highest BCUT2D eigenvalue weighted by Gasteiger charge is 2.37. The number of benzene rings is 2. The monoisotopic (exact) mass is 394 g/mol. The number of nitrogens with one attached hydrogen (secondary N) is 1. The predicted molar refractivity (Wildman–Crippen MR) is 109 cm³/mol. The minimum absolute atomic E-state index is 0.195. The predicted octanol–water partition coefficient (Wildman–Crippen LogP) is 3.83. The quantitative estimate of drug-likeness (QED) is 0.684. The number of carbonyl (C=O) groups excluding carboxylic acids is 2. The second kappa shape index (κ2) is 7.48. The molecule has 142 valence electrons. The summed E-state index contributed by atoms with van der Waals surface area (Å²) in [5, 5.41) is 7.76. The molecule has 1 N–H and O–H groups in total. The average molecular weight is 395 g/mol. The summed E-state index contributed by atoms with van der Waals surface area (Å²) in [6, 6.07) is 16.4. The summed E-state index contributed by atoms with van der Waals surface area (Å²) in [5.41, 5.74) is 3.23. The Bertz CT molecular complexity index is 1030. The third-order valence-electron chi connectivity index (χ3n) is 4.85. The number of amides is 2. The molecule has 28 heavy (non-hydrogen) atoms. The molecule has 0 aliphatic carbocycles. The first-order chi connectivity index (χ1) is 13.5. The molecule has 1 aliphatic rings. The van der Waals surface area contributed by atoms with E-state index in [4.69, 9.17) is 11.6 Å². The molecular formula is C21H19ClN4O2. The Morgan fingerprint density at radius 3 is 2.64 bits per heavy atom. The van der Waals surface area contributed by atoms with E-state index in [2.05, 4.69) is 10.4 Å². The van der Waals surface area contributed by atoms with E-state index in [1.54, 1.807) is 46.1 Å². The van der Waals surface area contributed by atoms with Crippen LogP contribution in [-0.4, -0.2) is 28.1 Å². The lowest BCUT2D eigenvalue weighted by molar-refractivity contribution is -0.129. The van der Waals surface area contributed by atoms with Gasteiger partial charge in [0.1, 0.15) is 5.92 Å². The molecule has 0 spiro atoms. The molecule has 3 aromatic rings. The van der Waals surface area contributed by atoms with Gasteiger partial charge in [0.2, 0.25) is 11.8 Å². The summed E-state index contributed by atoms with van der Waals surface area (Å²) in [6.45, 7) is 2.46. The van der Waals surface area contributed by atoms with E-state index in [1.165, 1.54) is 0 Å². The summed E-state index contributed by atoms with van der Waals surface area (Å²) < 4.78 is 1.79. The molecule has 0 saturated carbocycles.